The van der Waals surface area contributed by atoms with E-state index >= 15 is 0 Å². The van der Waals surface area contributed by atoms with Gasteiger partial charge in [0.25, 0.3) is 0 Å². The first-order valence-electron chi connectivity index (χ1n) is 6.22. The molecule has 0 aromatic heterocycles. The zero-order valence-electron chi connectivity index (χ0n) is 10.3. The molecule has 2 N–H and O–H groups in total. The molecule has 0 radical (unpaired) electrons. The summed E-state index contributed by atoms with van der Waals surface area (Å²) in [5.74, 6) is 0.0756. The molecule has 1 fully saturated rings. The average Bonchev–Trinajstić information content (AvgIpc) is 2.38. The number of carbonyl (C=O) groups excluding carboxylic acids is 1. The van der Waals surface area contributed by atoms with Crippen molar-refractivity contribution in [3.05, 3.63) is 28.7 Å². The minimum absolute atomic E-state index is 0.0756. The summed E-state index contributed by atoms with van der Waals surface area (Å²) in [6.07, 6.45) is 0.548. The van der Waals surface area contributed by atoms with E-state index in [1.165, 1.54) is 0 Å². The van der Waals surface area contributed by atoms with E-state index < -0.39 is 0 Å². The van der Waals surface area contributed by atoms with Crippen LogP contribution in [0.2, 0.25) is 0 Å². The number of anilines is 1. The molecule has 1 aliphatic rings. The molecule has 0 bridgehead atoms. The van der Waals surface area contributed by atoms with Crippen LogP contribution in [0.5, 0.6) is 0 Å². The van der Waals surface area contributed by atoms with Crippen molar-refractivity contribution < 1.29 is 4.79 Å². The van der Waals surface area contributed by atoms with Crippen molar-refractivity contribution in [3.63, 3.8) is 0 Å². The maximum Gasteiger partial charge on any atom is 0.225 e. The van der Waals surface area contributed by atoms with Crippen LogP contribution in [0.4, 0.5) is 5.69 Å². The van der Waals surface area contributed by atoms with Crippen molar-refractivity contribution in [1.82, 2.24) is 10.2 Å². The van der Waals surface area contributed by atoms with Gasteiger partial charge in [0.05, 0.1) is 0 Å². The lowest BCUT2D eigenvalue weighted by atomic mass is 10.3. The Hall–Kier alpha value is -0.910. The van der Waals surface area contributed by atoms with Crippen molar-refractivity contribution in [2.75, 3.05) is 38.0 Å². The Kier molecular flexibility index (Phi) is 5.16. The number of hydrogen-bond donors (Lipinski definition) is 2. The molecule has 5 heteroatoms. The monoisotopic (exact) mass is 311 g/mol. The number of carbonyl (C=O) groups is 1. The maximum absolute atomic E-state index is 11.8. The van der Waals surface area contributed by atoms with Gasteiger partial charge in [0.15, 0.2) is 0 Å². The minimum atomic E-state index is 0.0756. The van der Waals surface area contributed by atoms with Gasteiger partial charge >= 0.3 is 0 Å². The normalized spacial score (nSPS) is 16.5. The molecular weight excluding hydrogens is 294 g/mol. The Balaban J connectivity index is 1.74. The van der Waals surface area contributed by atoms with Gasteiger partial charge in [0.2, 0.25) is 5.91 Å². The first-order valence-corrected chi connectivity index (χ1v) is 7.02. The molecule has 0 aliphatic carbocycles. The Bertz CT molecular complexity index is 405. The predicted octanol–water partition coefficient (Wildman–Crippen LogP) is 1.68. The zero-order valence-corrected chi connectivity index (χ0v) is 11.9. The van der Waals surface area contributed by atoms with Crippen molar-refractivity contribution in [2.45, 2.75) is 6.42 Å². The number of piperazine rings is 1. The second-order valence-corrected chi connectivity index (χ2v) is 5.32. The number of nitrogens with zero attached hydrogens (tertiary/aromatic N) is 1. The number of hydrogen-bond acceptors (Lipinski definition) is 3. The van der Waals surface area contributed by atoms with Gasteiger partial charge in [-0.15, -0.1) is 0 Å². The summed E-state index contributed by atoms with van der Waals surface area (Å²) in [4.78, 5) is 14.1. The highest BCUT2D eigenvalue weighted by atomic mass is 79.9. The Morgan fingerprint density at radius 2 is 2.17 bits per heavy atom. The SMILES string of the molecule is O=C(CCN1CCNCC1)Nc1cccc(Br)c1. The molecule has 0 atom stereocenters. The Morgan fingerprint density at radius 3 is 2.89 bits per heavy atom. The summed E-state index contributed by atoms with van der Waals surface area (Å²) in [5, 5.41) is 6.21. The van der Waals surface area contributed by atoms with E-state index in [0.717, 1.165) is 42.9 Å². The first kappa shape index (κ1) is 13.5. The van der Waals surface area contributed by atoms with Crippen molar-refractivity contribution in [1.29, 1.82) is 0 Å². The second kappa shape index (κ2) is 6.87. The average molecular weight is 312 g/mol. The highest BCUT2D eigenvalue weighted by Gasteiger charge is 2.11. The van der Waals surface area contributed by atoms with Crippen LogP contribution >= 0.6 is 15.9 Å². The lowest BCUT2D eigenvalue weighted by molar-refractivity contribution is -0.116. The molecule has 4 nitrogen and oxygen atoms in total. The highest BCUT2D eigenvalue weighted by molar-refractivity contribution is 9.10. The van der Waals surface area contributed by atoms with Crippen LogP contribution in [0.1, 0.15) is 6.42 Å². The van der Waals surface area contributed by atoms with Gasteiger partial charge in [-0.2, -0.15) is 0 Å². The molecule has 0 saturated carbocycles. The van der Waals surface area contributed by atoms with Gasteiger partial charge in [-0.1, -0.05) is 22.0 Å². The predicted molar refractivity (Wildman–Crippen MR) is 76.7 cm³/mol. The van der Waals surface area contributed by atoms with E-state index in [1.54, 1.807) is 0 Å². The first-order chi connectivity index (χ1) is 8.74. The van der Waals surface area contributed by atoms with E-state index in [-0.39, 0.29) is 5.91 Å². The third-order valence-corrected chi connectivity index (χ3v) is 3.47. The lowest BCUT2D eigenvalue weighted by Gasteiger charge is -2.26. The van der Waals surface area contributed by atoms with Gasteiger partial charge in [0.1, 0.15) is 0 Å². The summed E-state index contributed by atoms with van der Waals surface area (Å²) in [7, 11) is 0. The van der Waals surface area contributed by atoms with E-state index in [9.17, 15) is 4.79 Å². The molecule has 1 amide bonds. The smallest absolute Gasteiger partial charge is 0.225 e. The standard InChI is InChI=1S/C13H18BrN3O/c14-11-2-1-3-12(10-11)16-13(18)4-7-17-8-5-15-6-9-17/h1-3,10,15H,4-9H2,(H,16,18). The fourth-order valence-electron chi connectivity index (χ4n) is 1.98. The third kappa shape index (κ3) is 4.40. The van der Waals surface area contributed by atoms with Crippen LogP contribution in [-0.2, 0) is 4.79 Å². The molecule has 0 unspecified atom stereocenters. The number of nitrogens with one attached hydrogen (secondary N) is 2. The summed E-state index contributed by atoms with van der Waals surface area (Å²) in [5.41, 5.74) is 0.842. The quantitative estimate of drug-likeness (QED) is 0.889. The summed E-state index contributed by atoms with van der Waals surface area (Å²) in [6.45, 7) is 4.94. The molecule has 18 heavy (non-hydrogen) atoms. The number of rotatable bonds is 4. The zero-order chi connectivity index (χ0) is 12.8. The van der Waals surface area contributed by atoms with Crippen LogP contribution in [0.3, 0.4) is 0 Å². The van der Waals surface area contributed by atoms with E-state index in [4.69, 9.17) is 0 Å². The van der Waals surface area contributed by atoms with Gasteiger partial charge in [-0.25, -0.2) is 0 Å². The van der Waals surface area contributed by atoms with E-state index in [0.29, 0.717) is 6.42 Å². The molecule has 2 rings (SSSR count). The summed E-state index contributed by atoms with van der Waals surface area (Å²) >= 11 is 3.39. The minimum Gasteiger partial charge on any atom is -0.326 e. The largest absolute Gasteiger partial charge is 0.326 e. The van der Waals surface area contributed by atoms with Gasteiger partial charge in [0, 0.05) is 49.3 Å². The summed E-state index contributed by atoms with van der Waals surface area (Å²) < 4.78 is 0.974. The lowest BCUT2D eigenvalue weighted by Crippen LogP contribution is -2.44. The number of benzene rings is 1. The van der Waals surface area contributed by atoms with Crippen molar-refractivity contribution in [3.8, 4) is 0 Å². The molecule has 1 aromatic rings. The molecule has 0 spiro atoms. The third-order valence-electron chi connectivity index (χ3n) is 2.97. The maximum atomic E-state index is 11.8. The Labute approximate surface area is 116 Å². The van der Waals surface area contributed by atoms with Gasteiger partial charge < -0.3 is 15.5 Å². The van der Waals surface area contributed by atoms with E-state index in [2.05, 4.69) is 31.5 Å². The molecule has 1 aromatic carbocycles. The molecule has 98 valence electrons. The van der Waals surface area contributed by atoms with Crippen LogP contribution in [0.15, 0.2) is 28.7 Å². The van der Waals surface area contributed by atoms with Crippen molar-refractivity contribution in [2.24, 2.45) is 0 Å². The summed E-state index contributed by atoms with van der Waals surface area (Å²) in [6, 6.07) is 7.66. The molecule has 1 aliphatic heterocycles. The highest BCUT2D eigenvalue weighted by Crippen LogP contribution is 2.15. The van der Waals surface area contributed by atoms with Crippen LogP contribution < -0.4 is 10.6 Å². The van der Waals surface area contributed by atoms with Crippen LogP contribution in [-0.4, -0.2) is 43.5 Å². The topological polar surface area (TPSA) is 44.4 Å². The fourth-order valence-corrected chi connectivity index (χ4v) is 2.38. The number of amides is 1. The van der Waals surface area contributed by atoms with Gasteiger partial charge in [-0.05, 0) is 18.2 Å². The Morgan fingerprint density at radius 1 is 1.39 bits per heavy atom. The molecule has 1 saturated heterocycles. The molecule has 1 heterocycles. The fraction of sp³-hybridized carbons (Fsp3) is 0.462. The van der Waals surface area contributed by atoms with Crippen LogP contribution in [0, 0.1) is 0 Å². The van der Waals surface area contributed by atoms with Gasteiger partial charge in [-0.3, -0.25) is 4.79 Å². The molecular formula is C13H18BrN3O. The van der Waals surface area contributed by atoms with E-state index in [1.807, 2.05) is 24.3 Å². The second-order valence-electron chi connectivity index (χ2n) is 4.40. The van der Waals surface area contributed by atoms with Crippen molar-refractivity contribution >= 4 is 27.5 Å². The number of halogens is 1. The van der Waals surface area contributed by atoms with Crippen LogP contribution in [0.25, 0.3) is 0 Å².